The minimum Gasteiger partial charge on any atom is -0.122 e. The van der Waals surface area contributed by atoms with E-state index < -0.39 is 8.25 Å². The molecular weight excluding hydrogens is 295 g/mol. The molecule has 0 N–H and O–H groups in total. The van der Waals surface area contributed by atoms with Crippen LogP contribution < -0.4 is 0 Å². The molecule has 0 aromatic rings. The van der Waals surface area contributed by atoms with Crippen molar-refractivity contribution in [3.05, 3.63) is 0 Å². The van der Waals surface area contributed by atoms with E-state index >= 15 is 0 Å². The Bertz CT molecular complexity index is 191. The molecule has 0 fully saturated rings. The molecule has 0 aliphatic heterocycles. The maximum Gasteiger partial charge on any atom is 0.696 e. The van der Waals surface area contributed by atoms with E-state index in [1.165, 1.54) is 104 Å². The van der Waals surface area contributed by atoms with Crippen LogP contribution in [0.1, 0.15) is 104 Å². The van der Waals surface area contributed by atoms with Gasteiger partial charge < -0.3 is 0 Å². The van der Waals surface area contributed by atoms with Gasteiger partial charge in [0.1, 0.15) is 0 Å². The van der Waals surface area contributed by atoms with Crippen LogP contribution in [0.15, 0.2) is 0 Å². The van der Waals surface area contributed by atoms with Crippen molar-refractivity contribution in [1.29, 1.82) is 0 Å². The fraction of sp³-hybridized carbons (Fsp3) is 1.00. The first-order chi connectivity index (χ1) is 10.7. The Morgan fingerprint density at radius 3 is 0.909 bits per heavy atom. The summed E-state index contributed by atoms with van der Waals surface area (Å²) >= 11 is 0. The van der Waals surface area contributed by atoms with Crippen molar-refractivity contribution in [2.45, 2.75) is 104 Å². The summed E-state index contributed by atoms with van der Waals surface area (Å²) < 4.78 is 18.3. The first-order valence-corrected chi connectivity index (χ1v) is 10.4. The highest BCUT2D eigenvalue weighted by Gasteiger charge is 2.10. The van der Waals surface area contributed by atoms with Gasteiger partial charge in [0.05, 0.1) is 14.2 Å². The predicted molar refractivity (Wildman–Crippen MR) is 97.6 cm³/mol. The van der Waals surface area contributed by atoms with Crippen molar-refractivity contribution < 1.29 is 13.6 Å². The Labute approximate surface area is 140 Å². The van der Waals surface area contributed by atoms with Crippen molar-refractivity contribution >= 4 is 8.25 Å². The minimum absolute atomic E-state index is 1.32. The summed E-state index contributed by atoms with van der Waals surface area (Å²) in [5, 5.41) is 0. The lowest BCUT2D eigenvalue weighted by Crippen LogP contribution is -1.82. The van der Waals surface area contributed by atoms with Crippen molar-refractivity contribution in [2.75, 3.05) is 14.2 Å². The minimum atomic E-state index is -1.83. The highest BCUT2D eigenvalue weighted by Crippen LogP contribution is 2.18. The van der Waals surface area contributed by atoms with E-state index in [0.29, 0.717) is 0 Å². The molecule has 4 heteroatoms. The van der Waals surface area contributed by atoms with E-state index in [1.54, 1.807) is 0 Å². The Morgan fingerprint density at radius 2 is 0.773 bits per heavy atom. The predicted octanol–water partition coefficient (Wildman–Crippen LogP) is 7.42. The van der Waals surface area contributed by atoms with Crippen molar-refractivity contribution in [3.8, 4) is 0 Å². The molecule has 0 spiro atoms. The Kier molecular flexibility index (Phi) is 25.7. The Hall–Kier alpha value is 0.0200. The number of unbranched alkanes of at least 4 members (excludes halogenated alkanes) is 13. The van der Waals surface area contributed by atoms with Crippen LogP contribution in [0.3, 0.4) is 0 Å². The largest absolute Gasteiger partial charge is 0.696 e. The van der Waals surface area contributed by atoms with E-state index in [9.17, 15) is 4.57 Å². The fourth-order valence-corrected chi connectivity index (χ4v) is 2.49. The zero-order valence-corrected chi connectivity index (χ0v) is 16.5. The summed E-state index contributed by atoms with van der Waals surface area (Å²) in [6.07, 6.45) is 20.4. The molecule has 0 aliphatic rings. The third kappa shape index (κ3) is 25.0. The standard InChI is InChI=1S/C16H34.C2H6O3P/c1-3-5-7-9-11-13-15-16-14-12-10-8-6-4-2;1-4-6(3)5-2/h3-16H2,1-2H3;1-2H3/q;+1. The molecule has 0 radical (unpaired) electrons. The second-order valence-corrected chi connectivity index (χ2v) is 7.01. The lowest BCUT2D eigenvalue weighted by molar-refractivity contribution is 0.302. The molecule has 0 rings (SSSR count). The van der Waals surface area contributed by atoms with Crippen LogP contribution in [0.2, 0.25) is 0 Å². The molecule has 3 nitrogen and oxygen atoms in total. The van der Waals surface area contributed by atoms with Crippen LogP contribution in [0.25, 0.3) is 0 Å². The SMILES string of the molecule is CCCCCCCCCCCCCCCC.CO[P+](=O)OC. The van der Waals surface area contributed by atoms with Crippen molar-refractivity contribution in [3.63, 3.8) is 0 Å². The summed E-state index contributed by atoms with van der Waals surface area (Å²) in [6, 6.07) is 0. The van der Waals surface area contributed by atoms with E-state index in [2.05, 4.69) is 22.9 Å². The van der Waals surface area contributed by atoms with Crippen molar-refractivity contribution in [1.82, 2.24) is 0 Å². The van der Waals surface area contributed by atoms with Gasteiger partial charge in [0.15, 0.2) is 0 Å². The molecular formula is C18H40O3P+. The van der Waals surface area contributed by atoms with Gasteiger partial charge in [-0.15, -0.1) is 9.05 Å². The van der Waals surface area contributed by atoms with Crippen LogP contribution in [-0.4, -0.2) is 14.2 Å². The molecule has 0 aliphatic carbocycles. The number of rotatable bonds is 15. The summed E-state index contributed by atoms with van der Waals surface area (Å²) in [5.41, 5.74) is 0. The first-order valence-electron chi connectivity index (χ1n) is 9.28. The van der Waals surface area contributed by atoms with Crippen LogP contribution in [0.5, 0.6) is 0 Å². The van der Waals surface area contributed by atoms with E-state index in [0.717, 1.165) is 0 Å². The molecule has 0 unspecified atom stereocenters. The Balaban J connectivity index is 0. The molecule has 0 saturated heterocycles. The lowest BCUT2D eigenvalue weighted by atomic mass is 10.0. The number of hydrogen-bond acceptors (Lipinski definition) is 3. The van der Waals surface area contributed by atoms with Gasteiger partial charge in [0.25, 0.3) is 0 Å². The number of hydrogen-bond donors (Lipinski definition) is 0. The van der Waals surface area contributed by atoms with E-state index in [-0.39, 0.29) is 0 Å². The smallest absolute Gasteiger partial charge is 0.122 e. The zero-order valence-electron chi connectivity index (χ0n) is 15.6. The molecule has 0 amide bonds. The molecule has 0 bridgehead atoms. The molecule has 134 valence electrons. The first kappa shape index (κ1) is 24.3. The van der Waals surface area contributed by atoms with Gasteiger partial charge in [-0.3, -0.25) is 0 Å². The molecule has 0 atom stereocenters. The maximum absolute atomic E-state index is 9.88. The average molecular weight is 335 g/mol. The molecule has 0 aromatic carbocycles. The summed E-state index contributed by atoms with van der Waals surface area (Å²) in [4.78, 5) is 0. The summed E-state index contributed by atoms with van der Waals surface area (Å²) in [7, 11) is 0.817. The van der Waals surface area contributed by atoms with Gasteiger partial charge in [0, 0.05) is 4.57 Å². The third-order valence-corrected chi connectivity index (χ3v) is 4.35. The topological polar surface area (TPSA) is 35.5 Å². The monoisotopic (exact) mass is 335 g/mol. The average Bonchev–Trinajstić information content (AvgIpc) is 2.55. The second-order valence-electron chi connectivity index (χ2n) is 5.83. The van der Waals surface area contributed by atoms with Crippen LogP contribution >= 0.6 is 8.25 Å². The molecule has 0 aromatic heterocycles. The lowest BCUT2D eigenvalue weighted by Gasteiger charge is -2.02. The maximum atomic E-state index is 9.88. The van der Waals surface area contributed by atoms with Crippen molar-refractivity contribution in [2.24, 2.45) is 0 Å². The van der Waals surface area contributed by atoms with E-state index in [4.69, 9.17) is 0 Å². The van der Waals surface area contributed by atoms with Gasteiger partial charge in [-0.1, -0.05) is 104 Å². The summed E-state index contributed by atoms with van der Waals surface area (Å²) in [5.74, 6) is 0. The highest BCUT2D eigenvalue weighted by atomic mass is 31.1. The van der Waals surface area contributed by atoms with Gasteiger partial charge in [0.2, 0.25) is 0 Å². The van der Waals surface area contributed by atoms with Crippen LogP contribution in [0, 0.1) is 0 Å². The third-order valence-electron chi connectivity index (χ3n) is 3.76. The van der Waals surface area contributed by atoms with Crippen LogP contribution in [0.4, 0.5) is 0 Å². The highest BCUT2D eigenvalue weighted by molar-refractivity contribution is 7.33. The summed E-state index contributed by atoms with van der Waals surface area (Å²) in [6.45, 7) is 4.58. The Morgan fingerprint density at radius 1 is 0.545 bits per heavy atom. The normalized spacial score (nSPS) is 10.2. The fourth-order valence-electron chi connectivity index (χ4n) is 2.34. The van der Waals surface area contributed by atoms with Gasteiger partial charge in [-0.2, -0.15) is 0 Å². The van der Waals surface area contributed by atoms with Crippen LogP contribution in [-0.2, 0) is 13.6 Å². The molecule has 22 heavy (non-hydrogen) atoms. The van der Waals surface area contributed by atoms with Gasteiger partial charge in [-0.05, 0) is 0 Å². The van der Waals surface area contributed by atoms with Gasteiger partial charge >= 0.3 is 8.25 Å². The zero-order chi connectivity index (χ0) is 16.9. The quantitative estimate of drug-likeness (QED) is 0.231. The molecule has 0 heterocycles. The van der Waals surface area contributed by atoms with E-state index in [1.807, 2.05) is 0 Å². The second kappa shape index (κ2) is 23.3. The van der Waals surface area contributed by atoms with Gasteiger partial charge in [-0.25, -0.2) is 0 Å². The molecule has 0 saturated carbocycles.